The van der Waals surface area contributed by atoms with Crippen LogP contribution in [0, 0.1) is 0 Å². The number of carbonyl (C=O) groups is 1. The summed E-state index contributed by atoms with van der Waals surface area (Å²) in [5.41, 5.74) is 0.739. The normalized spacial score (nSPS) is 14.6. The van der Waals surface area contributed by atoms with Gasteiger partial charge >= 0.3 is 0 Å². The molecule has 164 valence electrons. The number of hydrogen-bond donors (Lipinski definition) is 0. The minimum Gasteiger partial charge on any atom is -0.467 e. The highest BCUT2D eigenvalue weighted by Gasteiger charge is 2.24. The van der Waals surface area contributed by atoms with E-state index < -0.39 is 5.41 Å². The van der Waals surface area contributed by atoms with Gasteiger partial charge in [-0.15, -0.1) is 15.3 Å². The van der Waals surface area contributed by atoms with E-state index >= 15 is 0 Å². The predicted molar refractivity (Wildman–Crippen MR) is 120 cm³/mol. The Labute approximate surface area is 188 Å². The van der Waals surface area contributed by atoms with Gasteiger partial charge in [-0.05, 0) is 37.8 Å². The van der Waals surface area contributed by atoms with Crippen molar-refractivity contribution in [2.45, 2.75) is 62.8 Å². The maximum atomic E-state index is 13.1. The van der Waals surface area contributed by atoms with Crippen molar-refractivity contribution in [3.8, 4) is 0 Å². The van der Waals surface area contributed by atoms with Gasteiger partial charge in [0.05, 0.1) is 18.6 Å². The van der Waals surface area contributed by atoms with E-state index in [1.54, 1.807) is 6.26 Å². The Morgan fingerprint density at radius 3 is 2.84 bits per heavy atom. The SMILES string of the molecule is CC(C)(C)c1nnc2sc(SCC(=O)N(Cc3ccco3)C3=CCCCC3)nn2c1=O. The predicted octanol–water partition coefficient (Wildman–Crippen LogP) is 4.02. The monoisotopic (exact) mass is 459 g/mol. The van der Waals surface area contributed by atoms with Crippen LogP contribution in [0.1, 0.15) is 57.9 Å². The Morgan fingerprint density at radius 2 is 2.16 bits per heavy atom. The van der Waals surface area contributed by atoms with Gasteiger partial charge in [-0.1, -0.05) is 49.9 Å². The summed E-state index contributed by atoms with van der Waals surface area (Å²) >= 11 is 2.57. The minimum absolute atomic E-state index is 0.0115. The van der Waals surface area contributed by atoms with Gasteiger partial charge in [0.15, 0.2) is 4.34 Å². The molecule has 0 bridgehead atoms. The topological polar surface area (TPSA) is 93.6 Å². The first kappa shape index (κ1) is 21.8. The molecule has 0 unspecified atom stereocenters. The van der Waals surface area contributed by atoms with Crippen molar-refractivity contribution in [1.82, 2.24) is 24.7 Å². The van der Waals surface area contributed by atoms with Gasteiger partial charge in [0.1, 0.15) is 11.5 Å². The summed E-state index contributed by atoms with van der Waals surface area (Å²) in [5, 5.41) is 12.6. The molecular formula is C21H25N5O3S2. The first-order chi connectivity index (χ1) is 14.8. The molecular weight excluding hydrogens is 434 g/mol. The minimum atomic E-state index is -0.418. The number of rotatable bonds is 6. The Morgan fingerprint density at radius 1 is 1.32 bits per heavy atom. The highest BCUT2D eigenvalue weighted by atomic mass is 32.2. The molecule has 0 aromatic carbocycles. The van der Waals surface area contributed by atoms with Crippen LogP contribution in [0.4, 0.5) is 0 Å². The third-order valence-electron chi connectivity index (χ3n) is 5.01. The average Bonchev–Trinajstić information content (AvgIpc) is 3.40. The second-order valence-electron chi connectivity index (χ2n) is 8.46. The zero-order valence-electron chi connectivity index (χ0n) is 17.8. The zero-order valence-corrected chi connectivity index (χ0v) is 19.5. The Bertz CT molecular complexity index is 1160. The largest absolute Gasteiger partial charge is 0.467 e. The van der Waals surface area contributed by atoms with E-state index in [0.29, 0.717) is 21.5 Å². The molecule has 1 amide bonds. The molecule has 10 heteroatoms. The van der Waals surface area contributed by atoms with Gasteiger partial charge in [-0.3, -0.25) is 9.59 Å². The van der Waals surface area contributed by atoms with Crippen LogP contribution in [-0.2, 0) is 16.8 Å². The fourth-order valence-electron chi connectivity index (χ4n) is 3.40. The molecule has 3 heterocycles. The van der Waals surface area contributed by atoms with Crippen LogP contribution in [0.5, 0.6) is 0 Å². The summed E-state index contributed by atoms with van der Waals surface area (Å²) in [4.78, 5) is 28.1. The zero-order chi connectivity index (χ0) is 22.0. The maximum Gasteiger partial charge on any atom is 0.297 e. The van der Waals surface area contributed by atoms with Gasteiger partial charge in [-0.2, -0.15) is 4.52 Å². The molecule has 3 aromatic rings. The molecule has 31 heavy (non-hydrogen) atoms. The summed E-state index contributed by atoms with van der Waals surface area (Å²) in [6.07, 6.45) is 7.87. The Kier molecular flexibility index (Phi) is 6.29. The van der Waals surface area contributed by atoms with Crippen molar-refractivity contribution < 1.29 is 9.21 Å². The Hall–Kier alpha value is -2.46. The van der Waals surface area contributed by atoms with Crippen LogP contribution < -0.4 is 5.56 Å². The number of amides is 1. The maximum absolute atomic E-state index is 13.1. The third-order valence-corrected chi connectivity index (χ3v) is 7.03. The van der Waals surface area contributed by atoms with E-state index in [0.717, 1.165) is 37.1 Å². The first-order valence-electron chi connectivity index (χ1n) is 10.2. The van der Waals surface area contributed by atoms with Crippen molar-refractivity contribution in [1.29, 1.82) is 0 Å². The van der Waals surface area contributed by atoms with Crippen molar-refractivity contribution in [2.24, 2.45) is 0 Å². The number of nitrogens with zero attached hydrogens (tertiary/aromatic N) is 5. The number of furan rings is 1. The van der Waals surface area contributed by atoms with E-state index in [2.05, 4.69) is 21.4 Å². The molecule has 0 radical (unpaired) electrons. The highest BCUT2D eigenvalue weighted by Crippen LogP contribution is 2.27. The lowest BCUT2D eigenvalue weighted by atomic mass is 9.93. The number of allylic oxidation sites excluding steroid dienone is 2. The van der Waals surface area contributed by atoms with Crippen LogP contribution in [0.15, 0.2) is 43.7 Å². The van der Waals surface area contributed by atoms with E-state index in [9.17, 15) is 9.59 Å². The smallest absolute Gasteiger partial charge is 0.297 e. The van der Waals surface area contributed by atoms with Crippen molar-refractivity contribution in [2.75, 3.05) is 5.75 Å². The molecule has 0 saturated heterocycles. The molecule has 0 saturated carbocycles. The standard InChI is InChI=1S/C21H25N5O3S2/c1-21(2,3)17-18(28)26-19(23-22-17)31-20(24-26)30-13-16(27)25(12-15-10-7-11-29-15)14-8-5-4-6-9-14/h7-8,10-11H,4-6,9,12-13H2,1-3H3. The number of hydrogen-bond acceptors (Lipinski definition) is 8. The third kappa shape index (κ3) is 4.90. The molecule has 0 fully saturated rings. The van der Waals surface area contributed by atoms with Crippen LogP contribution in [-0.4, -0.2) is 36.4 Å². The van der Waals surface area contributed by atoms with Crippen molar-refractivity contribution in [3.63, 3.8) is 0 Å². The lowest BCUT2D eigenvalue weighted by Gasteiger charge is -2.26. The van der Waals surface area contributed by atoms with E-state index in [1.807, 2.05) is 37.8 Å². The number of carbonyl (C=O) groups excluding carboxylic acids is 1. The molecule has 0 spiro atoms. The molecule has 1 aliphatic carbocycles. The van der Waals surface area contributed by atoms with Gasteiger partial charge in [0.25, 0.3) is 5.56 Å². The molecule has 8 nitrogen and oxygen atoms in total. The second-order valence-corrected chi connectivity index (χ2v) is 10.6. The van der Waals surface area contributed by atoms with Gasteiger partial charge in [0, 0.05) is 11.1 Å². The Balaban J connectivity index is 1.52. The van der Waals surface area contributed by atoms with Gasteiger partial charge < -0.3 is 9.32 Å². The summed E-state index contributed by atoms with van der Waals surface area (Å²) in [5.74, 6) is 0.954. The number of thioether (sulfide) groups is 1. The molecule has 4 rings (SSSR count). The van der Waals surface area contributed by atoms with Crippen molar-refractivity contribution in [3.05, 3.63) is 52.0 Å². The summed E-state index contributed by atoms with van der Waals surface area (Å²) in [7, 11) is 0. The lowest BCUT2D eigenvalue weighted by molar-refractivity contribution is -0.127. The number of aromatic nitrogens is 4. The van der Waals surface area contributed by atoms with Crippen LogP contribution in [0.25, 0.3) is 4.96 Å². The summed E-state index contributed by atoms with van der Waals surface area (Å²) in [6.45, 7) is 6.16. The number of fused-ring (bicyclic) bond motifs is 1. The summed E-state index contributed by atoms with van der Waals surface area (Å²) in [6, 6.07) is 3.70. The quantitative estimate of drug-likeness (QED) is 0.514. The van der Waals surface area contributed by atoms with E-state index in [4.69, 9.17) is 4.42 Å². The lowest BCUT2D eigenvalue weighted by Crippen LogP contribution is -2.32. The molecule has 0 aliphatic heterocycles. The van der Waals surface area contributed by atoms with Crippen LogP contribution in [0.2, 0.25) is 0 Å². The highest BCUT2D eigenvalue weighted by molar-refractivity contribution is 8.01. The van der Waals surface area contributed by atoms with Gasteiger partial charge in [0.2, 0.25) is 10.9 Å². The van der Waals surface area contributed by atoms with E-state index in [-0.39, 0.29) is 17.2 Å². The fraction of sp³-hybridized carbons (Fsp3) is 0.476. The van der Waals surface area contributed by atoms with Crippen LogP contribution >= 0.6 is 23.1 Å². The fourth-order valence-corrected chi connectivity index (χ4v) is 5.15. The molecule has 3 aromatic heterocycles. The second kappa shape index (κ2) is 8.96. The van der Waals surface area contributed by atoms with Gasteiger partial charge in [-0.25, -0.2) is 0 Å². The average molecular weight is 460 g/mol. The van der Waals surface area contributed by atoms with E-state index in [1.165, 1.54) is 27.6 Å². The first-order valence-corrected chi connectivity index (χ1v) is 12.0. The summed E-state index contributed by atoms with van der Waals surface area (Å²) < 4.78 is 7.37. The van der Waals surface area contributed by atoms with Crippen LogP contribution in [0.3, 0.4) is 0 Å². The van der Waals surface area contributed by atoms with Crippen molar-refractivity contribution >= 4 is 34.0 Å². The molecule has 1 aliphatic rings. The molecule has 0 N–H and O–H groups in total. The molecule has 0 atom stereocenters.